The predicted molar refractivity (Wildman–Crippen MR) is 73.3 cm³/mol. The van der Waals surface area contributed by atoms with Crippen LogP contribution in [-0.2, 0) is 5.41 Å². The van der Waals surface area contributed by atoms with Gasteiger partial charge in [-0.25, -0.2) is 0 Å². The van der Waals surface area contributed by atoms with Crippen LogP contribution < -0.4 is 5.32 Å². The first kappa shape index (κ1) is 14.2. The monoisotopic (exact) mass is 235 g/mol. The standard InChI is InChI=1S/C15H25NO/c1-15(2,3)13-9-7-12(8-10-13)14(16-4)6-5-11-17/h7-10,14,16-17H,5-6,11H2,1-4H3. The minimum Gasteiger partial charge on any atom is -0.396 e. The van der Waals surface area contributed by atoms with E-state index >= 15 is 0 Å². The average Bonchev–Trinajstić information content (AvgIpc) is 2.29. The van der Waals surface area contributed by atoms with Crippen LogP contribution in [0.5, 0.6) is 0 Å². The molecule has 0 aliphatic carbocycles. The maximum Gasteiger partial charge on any atom is 0.0431 e. The molecule has 0 aliphatic rings. The minimum atomic E-state index is 0.207. The summed E-state index contributed by atoms with van der Waals surface area (Å²) in [4.78, 5) is 0. The molecule has 0 heterocycles. The molecule has 2 nitrogen and oxygen atoms in total. The number of hydrogen-bond acceptors (Lipinski definition) is 2. The van der Waals surface area contributed by atoms with E-state index in [4.69, 9.17) is 5.11 Å². The summed E-state index contributed by atoms with van der Waals surface area (Å²) < 4.78 is 0. The van der Waals surface area contributed by atoms with Crippen molar-refractivity contribution in [2.75, 3.05) is 13.7 Å². The van der Waals surface area contributed by atoms with Gasteiger partial charge in [-0.3, -0.25) is 0 Å². The highest BCUT2D eigenvalue weighted by Crippen LogP contribution is 2.25. The molecular formula is C15H25NO. The van der Waals surface area contributed by atoms with Crippen molar-refractivity contribution in [2.45, 2.75) is 45.1 Å². The van der Waals surface area contributed by atoms with Gasteiger partial charge in [0.1, 0.15) is 0 Å². The van der Waals surface area contributed by atoms with Crippen molar-refractivity contribution in [3.8, 4) is 0 Å². The van der Waals surface area contributed by atoms with Crippen LogP contribution in [0, 0.1) is 0 Å². The normalized spacial score (nSPS) is 13.7. The molecule has 1 aromatic rings. The van der Waals surface area contributed by atoms with Crippen molar-refractivity contribution >= 4 is 0 Å². The molecule has 0 saturated carbocycles. The molecule has 0 amide bonds. The number of benzene rings is 1. The van der Waals surface area contributed by atoms with Crippen molar-refractivity contribution in [3.05, 3.63) is 35.4 Å². The highest BCUT2D eigenvalue weighted by molar-refractivity contribution is 5.29. The largest absolute Gasteiger partial charge is 0.396 e. The SMILES string of the molecule is CNC(CCCO)c1ccc(C(C)(C)C)cc1. The maximum atomic E-state index is 8.88. The predicted octanol–water partition coefficient (Wildman–Crippen LogP) is 3.02. The third-order valence-electron chi connectivity index (χ3n) is 3.18. The topological polar surface area (TPSA) is 32.3 Å². The molecular weight excluding hydrogens is 210 g/mol. The number of rotatable bonds is 5. The van der Waals surface area contributed by atoms with Gasteiger partial charge >= 0.3 is 0 Å². The van der Waals surface area contributed by atoms with E-state index in [1.54, 1.807) is 0 Å². The lowest BCUT2D eigenvalue weighted by Gasteiger charge is -2.21. The molecule has 1 aromatic carbocycles. The Balaban J connectivity index is 2.78. The van der Waals surface area contributed by atoms with E-state index in [1.807, 2.05) is 7.05 Å². The Kier molecular flexibility index (Phi) is 5.16. The second kappa shape index (κ2) is 6.18. The molecule has 0 fully saturated rings. The van der Waals surface area contributed by atoms with Crippen LogP contribution in [0.2, 0.25) is 0 Å². The summed E-state index contributed by atoms with van der Waals surface area (Å²) in [5.74, 6) is 0. The summed E-state index contributed by atoms with van der Waals surface area (Å²) in [6, 6.07) is 9.14. The van der Waals surface area contributed by atoms with E-state index in [-0.39, 0.29) is 12.0 Å². The molecule has 0 aromatic heterocycles. The van der Waals surface area contributed by atoms with E-state index in [0.717, 1.165) is 12.8 Å². The third kappa shape index (κ3) is 4.14. The lowest BCUT2D eigenvalue weighted by molar-refractivity contribution is 0.276. The molecule has 2 heteroatoms. The molecule has 0 saturated heterocycles. The minimum absolute atomic E-state index is 0.207. The lowest BCUT2D eigenvalue weighted by Crippen LogP contribution is -2.17. The summed E-state index contributed by atoms with van der Waals surface area (Å²) in [5, 5.41) is 12.2. The first-order valence-corrected chi connectivity index (χ1v) is 6.37. The van der Waals surface area contributed by atoms with Crippen molar-refractivity contribution in [1.29, 1.82) is 0 Å². The highest BCUT2D eigenvalue weighted by atomic mass is 16.2. The first-order chi connectivity index (χ1) is 7.99. The van der Waals surface area contributed by atoms with Gasteiger partial charge in [0.2, 0.25) is 0 Å². The Hall–Kier alpha value is -0.860. The highest BCUT2D eigenvalue weighted by Gasteiger charge is 2.14. The second-order valence-electron chi connectivity index (χ2n) is 5.58. The van der Waals surface area contributed by atoms with E-state index in [0.29, 0.717) is 6.04 Å². The Labute approximate surface area is 105 Å². The van der Waals surface area contributed by atoms with Gasteiger partial charge in [0.25, 0.3) is 0 Å². The van der Waals surface area contributed by atoms with Gasteiger partial charge in [0.15, 0.2) is 0 Å². The van der Waals surface area contributed by atoms with Gasteiger partial charge in [0.05, 0.1) is 0 Å². The van der Waals surface area contributed by atoms with Crippen LogP contribution in [0.15, 0.2) is 24.3 Å². The summed E-state index contributed by atoms with van der Waals surface area (Å²) in [6.45, 7) is 6.94. The van der Waals surface area contributed by atoms with Gasteiger partial charge in [0, 0.05) is 12.6 Å². The fraction of sp³-hybridized carbons (Fsp3) is 0.600. The molecule has 96 valence electrons. The van der Waals surface area contributed by atoms with E-state index in [2.05, 4.69) is 50.4 Å². The van der Waals surface area contributed by atoms with E-state index in [9.17, 15) is 0 Å². The molecule has 1 atom stereocenters. The Bertz CT molecular complexity index is 324. The van der Waals surface area contributed by atoms with Crippen LogP contribution in [0.3, 0.4) is 0 Å². The molecule has 2 N–H and O–H groups in total. The molecule has 0 spiro atoms. The van der Waals surface area contributed by atoms with Crippen LogP contribution in [-0.4, -0.2) is 18.8 Å². The Morgan fingerprint density at radius 3 is 2.18 bits per heavy atom. The van der Waals surface area contributed by atoms with Crippen molar-refractivity contribution in [2.24, 2.45) is 0 Å². The van der Waals surface area contributed by atoms with Crippen molar-refractivity contribution in [3.63, 3.8) is 0 Å². The Morgan fingerprint density at radius 1 is 1.18 bits per heavy atom. The fourth-order valence-electron chi connectivity index (χ4n) is 1.99. The summed E-state index contributed by atoms with van der Waals surface area (Å²) in [7, 11) is 1.97. The van der Waals surface area contributed by atoms with Gasteiger partial charge in [-0.15, -0.1) is 0 Å². The smallest absolute Gasteiger partial charge is 0.0431 e. The van der Waals surface area contributed by atoms with Crippen LogP contribution in [0.25, 0.3) is 0 Å². The van der Waals surface area contributed by atoms with Gasteiger partial charge in [-0.1, -0.05) is 45.0 Å². The van der Waals surface area contributed by atoms with Gasteiger partial charge in [-0.2, -0.15) is 0 Å². The van der Waals surface area contributed by atoms with Gasteiger partial charge in [-0.05, 0) is 36.4 Å². The number of nitrogens with one attached hydrogen (secondary N) is 1. The van der Waals surface area contributed by atoms with Crippen LogP contribution in [0.4, 0.5) is 0 Å². The van der Waals surface area contributed by atoms with E-state index in [1.165, 1.54) is 11.1 Å². The van der Waals surface area contributed by atoms with Gasteiger partial charge < -0.3 is 10.4 Å². The summed E-state index contributed by atoms with van der Waals surface area (Å²) in [6.07, 6.45) is 1.81. The zero-order chi connectivity index (χ0) is 12.9. The second-order valence-corrected chi connectivity index (χ2v) is 5.58. The number of hydrogen-bond donors (Lipinski definition) is 2. The number of aliphatic hydroxyl groups excluding tert-OH is 1. The average molecular weight is 235 g/mol. The molecule has 1 unspecified atom stereocenters. The molecule has 0 aliphatic heterocycles. The number of aliphatic hydroxyl groups is 1. The lowest BCUT2D eigenvalue weighted by atomic mass is 9.86. The zero-order valence-corrected chi connectivity index (χ0v) is 11.5. The Morgan fingerprint density at radius 2 is 1.76 bits per heavy atom. The first-order valence-electron chi connectivity index (χ1n) is 6.37. The molecule has 17 heavy (non-hydrogen) atoms. The molecule has 0 radical (unpaired) electrons. The molecule has 1 rings (SSSR count). The molecule has 0 bridgehead atoms. The van der Waals surface area contributed by atoms with Crippen molar-refractivity contribution in [1.82, 2.24) is 5.32 Å². The summed E-state index contributed by atoms with van der Waals surface area (Å²) >= 11 is 0. The van der Waals surface area contributed by atoms with E-state index < -0.39 is 0 Å². The quantitative estimate of drug-likeness (QED) is 0.822. The fourth-order valence-corrected chi connectivity index (χ4v) is 1.99. The maximum absolute atomic E-state index is 8.88. The summed E-state index contributed by atoms with van der Waals surface area (Å²) in [5.41, 5.74) is 2.87. The zero-order valence-electron chi connectivity index (χ0n) is 11.5. The third-order valence-corrected chi connectivity index (χ3v) is 3.18. The van der Waals surface area contributed by atoms with Crippen LogP contribution >= 0.6 is 0 Å². The van der Waals surface area contributed by atoms with Crippen LogP contribution in [0.1, 0.15) is 50.8 Å². The van der Waals surface area contributed by atoms with Crippen molar-refractivity contribution < 1.29 is 5.11 Å².